The maximum absolute atomic E-state index is 12.7. The van der Waals surface area contributed by atoms with Crippen LogP contribution in [-0.4, -0.2) is 29.8 Å². The molecule has 0 atom stereocenters. The summed E-state index contributed by atoms with van der Waals surface area (Å²) in [5.74, 6) is 0.126. The van der Waals surface area contributed by atoms with Crippen LogP contribution in [0.5, 0.6) is 0 Å². The maximum atomic E-state index is 12.7. The highest BCUT2D eigenvalue weighted by atomic mass is 35.5. The van der Waals surface area contributed by atoms with Crippen molar-refractivity contribution in [3.63, 3.8) is 0 Å². The van der Waals surface area contributed by atoms with E-state index in [0.29, 0.717) is 24.5 Å². The van der Waals surface area contributed by atoms with Crippen LogP contribution in [0.2, 0.25) is 0 Å². The smallest absolute Gasteiger partial charge is 0.253 e. The van der Waals surface area contributed by atoms with Gasteiger partial charge in [0.25, 0.3) is 5.91 Å². The van der Waals surface area contributed by atoms with Crippen molar-refractivity contribution in [2.45, 2.75) is 13.3 Å². The summed E-state index contributed by atoms with van der Waals surface area (Å²) in [6.07, 6.45) is 0.766. The van der Waals surface area contributed by atoms with E-state index in [1.165, 1.54) is 24.3 Å². The van der Waals surface area contributed by atoms with Gasteiger partial charge in [0.2, 0.25) is 0 Å². The van der Waals surface area contributed by atoms with E-state index in [2.05, 4.69) is 0 Å². The van der Waals surface area contributed by atoms with Crippen LogP contribution in [0.4, 0.5) is 4.39 Å². The number of benzene rings is 1. The Morgan fingerprint density at radius 3 is 2.50 bits per heavy atom. The number of amides is 1. The molecule has 0 aliphatic rings. The first-order valence-corrected chi connectivity index (χ1v) is 5.83. The van der Waals surface area contributed by atoms with Crippen LogP contribution in [0.3, 0.4) is 0 Å². The molecule has 1 rings (SSSR count). The molecule has 0 saturated heterocycles. The van der Waals surface area contributed by atoms with Gasteiger partial charge in [0.1, 0.15) is 5.82 Å². The predicted molar refractivity (Wildman–Crippen MR) is 63.3 cm³/mol. The summed E-state index contributed by atoms with van der Waals surface area (Å²) < 4.78 is 12.7. The van der Waals surface area contributed by atoms with Gasteiger partial charge in [-0.15, -0.1) is 11.6 Å². The molecule has 0 aromatic heterocycles. The Balaban J connectivity index is 2.70. The predicted octanol–water partition coefficient (Wildman–Crippen LogP) is 2.92. The van der Waals surface area contributed by atoms with Crippen molar-refractivity contribution >= 4 is 17.5 Å². The number of nitrogens with zero attached hydrogens (tertiary/aromatic N) is 1. The highest BCUT2D eigenvalue weighted by Gasteiger charge is 2.13. The van der Waals surface area contributed by atoms with Crippen molar-refractivity contribution in [2.75, 3.05) is 19.0 Å². The van der Waals surface area contributed by atoms with E-state index in [1.807, 2.05) is 6.92 Å². The number of rotatable bonds is 5. The fraction of sp³-hybridized carbons (Fsp3) is 0.417. The Hall–Kier alpha value is -1.09. The van der Waals surface area contributed by atoms with E-state index in [4.69, 9.17) is 11.6 Å². The molecule has 0 spiro atoms. The topological polar surface area (TPSA) is 20.3 Å². The first kappa shape index (κ1) is 13.0. The summed E-state index contributed by atoms with van der Waals surface area (Å²) in [4.78, 5) is 13.7. The average Bonchev–Trinajstić information content (AvgIpc) is 2.30. The minimum absolute atomic E-state index is 0.0763. The molecular formula is C12H15ClFNO. The van der Waals surface area contributed by atoms with Crippen LogP contribution in [0, 0.1) is 5.82 Å². The average molecular weight is 244 g/mol. The van der Waals surface area contributed by atoms with Gasteiger partial charge >= 0.3 is 0 Å². The third-order valence-corrected chi connectivity index (χ3v) is 2.59. The second-order valence-electron chi connectivity index (χ2n) is 3.43. The van der Waals surface area contributed by atoms with Crippen molar-refractivity contribution in [1.29, 1.82) is 0 Å². The zero-order valence-corrected chi connectivity index (χ0v) is 10.0. The van der Waals surface area contributed by atoms with E-state index in [9.17, 15) is 9.18 Å². The zero-order valence-electron chi connectivity index (χ0n) is 9.25. The van der Waals surface area contributed by atoms with E-state index < -0.39 is 0 Å². The summed E-state index contributed by atoms with van der Waals surface area (Å²) in [6, 6.07) is 5.59. The molecule has 0 unspecified atom stereocenters. The number of hydrogen-bond acceptors (Lipinski definition) is 1. The van der Waals surface area contributed by atoms with Crippen LogP contribution in [0.15, 0.2) is 24.3 Å². The summed E-state index contributed by atoms with van der Waals surface area (Å²) >= 11 is 5.59. The van der Waals surface area contributed by atoms with Crippen molar-refractivity contribution < 1.29 is 9.18 Å². The summed E-state index contributed by atoms with van der Waals surface area (Å²) in [6.45, 7) is 3.18. The lowest BCUT2D eigenvalue weighted by Crippen LogP contribution is -2.31. The highest BCUT2D eigenvalue weighted by Crippen LogP contribution is 2.07. The van der Waals surface area contributed by atoms with Crippen LogP contribution >= 0.6 is 11.6 Å². The third kappa shape index (κ3) is 3.49. The lowest BCUT2D eigenvalue weighted by Gasteiger charge is -2.20. The second kappa shape index (κ2) is 6.48. The number of hydrogen-bond donors (Lipinski definition) is 0. The second-order valence-corrected chi connectivity index (χ2v) is 3.81. The lowest BCUT2D eigenvalue weighted by atomic mass is 10.2. The van der Waals surface area contributed by atoms with Gasteiger partial charge in [-0.05, 0) is 37.6 Å². The molecule has 0 bridgehead atoms. The number of carbonyl (C=O) groups excluding carboxylic acids is 1. The molecule has 0 heterocycles. The first-order chi connectivity index (χ1) is 7.69. The Morgan fingerprint density at radius 1 is 1.38 bits per heavy atom. The molecule has 0 N–H and O–H groups in total. The van der Waals surface area contributed by atoms with Crippen molar-refractivity contribution in [2.24, 2.45) is 0 Å². The molecule has 0 aliphatic heterocycles. The van der Waals surface area contributed by atoms with Crippen molar-refractivity contribution in [3.8, 4) is 0 Å². The number of alkyl halides is 1. The third-order valence-electron chi connectivity index (χ3n) is 2.32. The van der Waals surface area contributed by atoms with Crippen LogP contribution < -0.4 is 0 Å². The Labute approximate surface area is 100 Å². The molecule has 0 aliphatic carbocycles. The van der Waals surface area contributed by atoms with E-state index >= 15 is 0 Å². The van der Waals surface area contributed by atoms with E-state index in [-0.39, 0.29) is 11.7 Å². The van der Waals surface area contributed by atoms with Gasteiger partial charge in [0, 0.05) is 24.5 Å². The van der Waals surface area contributed by atoms with E-state index in [0.717, 1.165) is 6.42 Å². The van der Waals surface area contributed by atoms with E-state index in [1.54, 1.807) is 4.90 Å². The molecule has 0 saturated carbocycles. The van der Waals surface area contributed by atoms with Gasteiger partial charge in [0.15, 0.2) is 0 Å². The molecule has 16 heavy (non-hydrogen) atoms. The summed E-state index contributed by atoms with van der Waals surface area (Å²) in [5.41, 5.74) is 0.512. The molecule has 2 nitrogen and oxygen atoms in total. The summed E-state index contributed by atoms with van der Waals surface area (Å²) in [7, 11) is 0. The SMILES string of the molecule is CCN(CCCCl)C(=O)c1ccc(F)cc1. The molecular weight excluding hydrogens is 229 g/mol. The lowest BCUT2D eigenvalue weighted by molar-refractivity contribution is 0.0765. The van der Waals surface area contributed by atoms with Gasteiger partial charge in [-0.1, -0.05) is 0 Å². The molecule has 1 amide bonds. The Bertz CT molecular complexity index is 339. The molecule has 88 valence electrons. The maximum Gasteiger partial charge on any atom is 0.253 e. The minimum atomic E-state index is -0.333. The molecule has 4 heteroatoms. The van der Waals surface area contributed by atoms with Crippen molar-refractivity contribution in [1.82, 2.24) is 4.90 Å². The van der Waals surface area contributed by atoms with Crippen LogP contribution in [0.1, 0.15) is 23.7 Å². The van der Waals surface area contributed by atoms with Gasteiger partial charge in [-0.2, -0.15) is 0 Å². The van der Waals surface area contributed by atoms with Gasteiger partial charge < -0.3 is 4.90 Å². The van der Waals surface area contributed by atoms with Gasteiger partial charge in [-0.25, -0.2) is 4.39 Å². The largest absolute Gasteiger partial charge is 0.339 e. The quantitative estimate of drug-likeness (QED) is 0.729. The number of carbonyl (C=O) groups is 1. The number of halogens is 2. The standard InChI is InChI=1S/C12H15ClFNO/c1-2-15(9-3-8-13)12(16)10-4-6-11(14)7-5-10/h4-7H,2-3,8-9H2,1H3. The fourth-order valence-electron chi connectivity index (χ4n) is 1.43. The monoisotopic (exact) mass is 243 g/mol. The Kier molecular flexibility index (Phi) is 5.26. The highest BCUT2D eigenvalue weighted by molar-refractivity contribution is 6.17. The summed E-state index contributed by atoms with van der Waals surface area (Å²) in [5, 5.41) is 0. The molecule has 0 radical (unpaired) electrons. The van der Waals surface area contributed by atoms with Crippen LogP contribution in [0.25, 0.3) is 0 Å². The molecule has 1 aromatic rings. The van der Waals surface area contributed by atoms with Crippen molar-refractivity contribution in [3.05, 3.63) is 35.6 Å². The zero-order chi connectivity index (χ0) is 12.0. The normalized spacial score (nSPS) is 10.2. The van der Waals surface area contributed by atoms with Gasteiger partial charge in [-0.3, -0.25) is 4.79 Å². The first-order valence-electron chi connectivity index (χ1n) is 5.29. The fourth-order valence-corrected chi connectivity index (χ4v) is 1.55. The Morgan fingerprint density at radius 2 is 2.00 bits per heavy atom. The van der Waals surface area contributed by atoms with Gasteiger partial charge in [0.05, 0.1) is 0 Å². The molecule has 0 fully saturated rings. The molecule has 1 aromatic carbocycles. The van der Waals surface area contributed by atoms with Crippen LogP contribution in [-0.2, 0) is 0 Å². The minimum Gasteiger partial charge on any atom is -0.339 e.